The molecule has 3 aromatic rings. The molecule has 0 unspecified atom stereocenters. The van der Waals surface area contributed by atoms with Crippen LogP contribution < -0.4 is 10.6 Å². The molecule has 0 spiro atoms. The average molecular weight is 438 g/mol. The fraction of sp³-hybridized carbons (Fsp3) is 0.238. The maximum atomic E-state index is 12.3. The molecule has 0 radical (unpaired) electrons. The maximum Gasteiger partial charge on any atom is 0.408 e. The summed E-state index contributed by atoms with van der Waals surface area (Å²) in [6.07, 6.45) is -0.784. The minimum absolute atomic E-state index is 0.0488. The number of amides is 2. The minimum Gasteiger partial charge on any atom is -0.467 e. The van der Waals surface area contributed by atoms with E-state index in [-0.39, 0.29) is 19.1 Å². The number of tetrazole rings is 1. The lowest BCUT2D eigenvalue weighted by molar-refractivity contribution is -0.143. The van der Waals surface area contributed by atoms with Crippen LogP contribution in [0.15, 0.2) is 54.6 Å². The first-order valence-corrected chi connectivity index (χ1v) is 9.64. The fourth-order valence-corrected chi connectivity index (χ4v) is 2.81. The standard InChI is InChI=1S/C21H22N6O5/c1-14-24-25-26-27(14)12-18(28)22-17-10-6-9-16(11-17)19(20(29)31-2)23-21(30)32-13-15-7-4-3-5-8-15/h3-11,19H,12-13H2,1-2H3,(H,22,28)(H,23,30)/t19-/m0/s1. The Balaban J connectivity index is 1.66. The number of methoxy groups -OCH3 is 1. The SMILES string of the molecule is COC(=O)[C@@H](NC(=O)OCc1ccccc1)c1cccc(NC(=O)Cn2nnnc2C)c1. The molecule has 32 heavy (non-hydrogen) atoms. The van der Waals surface area contributed by atoms with Gasteiger partial charge in [0.2, 0.25) is 5.91 Å². The van der Waals surface area contributed by atoms with Gasteiger partial charge in [0.15, 0.2) is 6.04 Å². The number of carbonyl (C=O) groups excluding carboxylic acids is 3. The third-order valence-electron chi connectivity index (χ3n) is 4.42. The van der Waals surface area contributed by atoms with Crippen molar-refractivity contribution < 1.29 is 23.9 Å². The molecule has 0 bridgehead atoms. The predicted molar refractivity (Wildman–Crippen MR) is 112 cm³/mol. The molecule has 11 nitrogen and oxygen atoms in total. The van der Waals surface area contributed by atoms with Crippen LogP contribution in [-0.4, -0.2) is 45.3 Å². The number of carbonyl (C=O) groups is 3. The summed E-state index contributed by atoms with van der Waals surface area (Å²) in [6, 6.07) is 14.5. The third-order valence-corrected chi connectivity index (χ3v) is 4.42. The summed E-state index contributed by atoms with van der Waals surface area (Å²) >= 11 is 0. The lowest BCUT2D eigenvalue weighted by Gasteiger charge is -2.18. The zero-order chi connectivity index (χ0) is 22.9. The molecule has 0 aliphatic carbocycles. The molecule has 1 aromatic heterocycles. The molecule has 0 aliphatic rings. The van der Waals surface area contributed by atoms with E-state index < -0.39 is 18.1 Å². The summed E-state index contributed by atoms with van der Waals surface area (Å²) < 4.78 is 11.4. The van der Waals surface area contributed by atoms with Crippen molar-refractivity contribution in [2.75, 3.05) is 12.4 Å². The minimum atomic E-state index is -1.12. The van der Waals surface area contributed by atoms with Crippen molar-refractivity contribution in [1.82, 2.24) is 25.5 Å². The Labute approximate surface area is 183 Å². The molecular weight excluding hydrogens is 416 g/mol. The Hall–Kier alpha value is -4.28. The van der Waals surface area contributed by atoms with E-state index in [1.807, 2.05) is 30.3 Å². The lowest BCUT2D eigenvalue weighted by Crippen LogP contribution is -2.35. The summed E-state index contributed by atoms with van der Waals surface area (Å²) in [5.41, 5.74) is 1.64. The smallest absolute Gasteiger partial charge is 0.408 e. The molecule has 2 aromatic carbocycles. The van der Waals surface area contributed by atoms with Crippen molar-refractivity contribution in [1.29, 1.82) is 0 Å². The van der Waals surface area contributed by atoms with Crippen LogP contribution in [-0.2, 0) is 32.2 Å². The van der Waals surface area contributed by atoms with Gasteiger partial charge in [0.25, 0.3) is 0 Å². The molecular formula is C21H22N6O5. The number of nitrogens with zero attached hydrogens (tertiary/aromatic N) is 4. The second-order valence-electron chi connectivity index (χ2n) is 6.72. The van der Waals surface area contributed by atoms with E-state index in [0.29, 0.717) is 17.1 Å². The van der Waals surface area contributed by atoms with Crippen molar-refractivity contribution in [3.05, 3.63) is 71.5 Å². The number of esters is 1. The maximum absolute atomic E-state index is 12.3. The molecule has 0 fully saturated rings. The van der Waals surface area contributed by atoms with Gasteiger partial charge in [-0.15, -0.1) is 5.10 Å². The van der Waals surface area contributed by atoms with E-state index in [4.69, 9.17) is 9.47 Å². The van der Waals surface area contributed by atoms with Gasteiger partial charge in [-0.2, -0.15) is 0 Å². The Morgan fingerprint density at radius 2 is 1.88 bits per heavy atom. The molecule has 0 aliphatic heterocycles. The Morgan fingerprint density at radius 3 is 2.56 bits per heavy atom. The van der Waals surface area contributed by atoms with Crippen molar-refractivity contribution in [3.8, 4) is 0 Å². The van der Waals surface area contributed by atoms with Crippen LogP contribution >= 0.6 is 0 Å². The monoisotopic (exact) mass is 438 g/mol. The van der Waals surface area contributed by atoms with Crippen LogP contribution in [0.4, 0.5) is 10.5 Å². The van der Waals surface area contributed by atoms with Gasteiger partial charge in [-0.3, -0.25) is 4.79 Å². The quantitative estimate of drug-likeness (QED) is 0.508. The Bertz CT molecular complexity index is 1090. The number of nitrogens with one attached hydrogen (secondary N) is 2. The van der Waals surface area contributed by atoms with Crippen molar-refractivity contribution in [3.63, 3.8) is 0 Å². The zero-order valence-electron chi connectivity index (χ0n) is 17.5. The summed E-state index contributed by atoms with van der Waals surface area (Å²) in [7, 11) is 1.21. The highest BCUT2D eigenvalue weighted by atomic mass is 16.6. The molecule has 166 valence electrons. The molecule has 11 heteroatoms. The van der Waals surface area contributed by atoms with Crippen LogP contribution in [0.5, 0.6) is 0 Å². The van der Waals surface area contributed by atoms with Crippen molar-refractivity contribution in [2.45, 2.75) is 26.1 Å². The van der Waals surface area contributed by atoms with E-state index in [9.17, 15) is 14.4 Å². The number of anilines is 1. The van der Waals surface area contributed by atoms with Gasteiger partial charge in [-0.05, 0) is 40.6 Å². The van der Waals surface area contributed by atoms with Crippen LogP contribution in [0.1, 0.15) is 23.0 Å². The first-order valence-electron chi connectivity index (χ1n) is 9.64. The highest BCUT2D eigenvalue weighted by Crippen LogP contribution is 2.19. The van der Waals surface area contributed by atoms with Crippen LogP contribution in [0, 0.1) is 6.92 Å². The summed E-state index contributed by atoms with van der Waals surface area (Å²) in [6.45, 7) is 1.65. The second kappa shape index (κ2) is 10.7. The predicted octanol–water partition coefficient (Wildman–Crippen LogP) is 1.76. The second-order valence-corrected chi connectivity index (χ2v) is 6.72. The number of hydrogen-bond donors (Lipinski definition) is 2. The van der Waals surface area contributed by atoms with Gasteiger partial charge in [-0.1, -0.05) is 42.5 Å². The van der Waals surface area contributed by atoms with E-state index in [2.05, 4.69) is 26.2 Å². The molecule has 0 saturated heterocycles. The first kappa shape index (κ1) is 22.4. The number of rotatable bonds is 8. The number of ether oxygens (including phenoxy) is 2. The van der Waals surface area contributed by atoms with Crippen LogP contribution in [0.25, 0.3) is 0 Å². The summed E-state index contributed by atoms with van der Waals surface area (Å²) in [5, 5.41) is 16.1. The first-order chi connectivity index (χ1) is 15.5. The van der Waals surface area contributed by atoms with Crippen LogP contribution in [0.3, 0.4) is 0 Å². The zero-order valence-corrected chi connectivity index (χ0v) is 17.5. The van der Waals surface area contributed by atoms with Crippen molar-refractivity contribution in [2.24, 2.45) is 0 Å². The third kappa shape index (κ3) is 6.11. The van der Waals surface area contributed by atoms with Crippen molar-refractivity contribution >= 4 is 23.7 Å². The highest BCUT2D eigenvalue weighted by molar-refractivity contribution is 5.91. The van der Waals surface area contributed by atoms with Gasteiger partial charge in [-0.25, -0.2) is 14.3 Å². The largest absolute Gasteiger partial charge is 0.467 e. The van der Waals surface area contributed by atoms with E-state index in [0.717, 1.165) is 5.56 Å². The van der Waals surface area contributed by atoms with Gasteiger partial charge in [0.05, 0.1) is 7.11 Å². The van der Waals surface area contributed by atoms with E-state index in [1.54, 1.807) is 31.2 Å². The van der Waals surface area contributed by atoms with Gasteiger partial charge >= 0.3 is 12.1 Å². The molecule has 0 saturated carbocycles. The lowest BCUT2D eigenvalue weighted by atomic mass is 10.1. The van der Waals surface area contributed by atoms with Crippen LogP contribution in [0.2, 0.25) is 0 Å². The number of alkyl carbamates (subject to hydrolysis) is 1. The Morgan fingerprint density at radius 1 is 1.09 bits per heavy atom. The highest BCUT2D eigenvalue weighted by Gasteiger charge is 2.25. The van der Waals surface area contributed by atoms with E-state index >= 15 is 0 Å². The Kier molecular flexibility index (Phi) is 7.46. The van der Waals surface area contributed by atoms with E-state index in [1.165, 1.54) is 11.8 Å². The summed E-state index contributed by atoms with van der Waals surface area (Å²) in [5.74, 6) is -0.547. The van der Waals surface area contributed by atoms with Gasteiger partial charge < -0.3 is 20.1 Å². The normalized spacial score (nSPS) is 11.3. The van der Waals surface area contributed by atoms with Gasteiger partial charge in [0, 0.05) is 5.69 Å². The number of hydrogen-bond acceptors (Lipinski definition) is 8. The fourth-order valence-electron chi connectivity index (χ4n) is 2.81. The number of benzene rings is 2. The average Bonchev–Trinajstić information content (AvgIpc) is 3.20. The van der Waals surface area contributed by atoms with Gasteiger partial charge in [0.1, 0.15) is 19.0 Å². The molecule has 2 amide bonds. The molecule has 3 rings (SSSR count). The molecule has 1 heterocycles. The molecule has 1 atom stereocenters. The molecule has 2 N–H and O–H groups in total. The topological polar surface area (TPSA) is 137 Å². The number of aromatic nitrogens is 4. The number of aryl methyl sites for hydroxylation is 1. The summed E-state index contributed by atoms with van der Waals surface area (Å²) in [4.78, 5) is 36.9.